The van der Waals surface area contributed by atoms with Gasteiger partial charge in [-0.1, -0.05) is 61.5 Å². The highest BCUT2D eigenvalue weighted by molar-refractivity contribution is 5.86. The minimum Gasteiger partial charge on any atom is -0.359 e. The maximum absolute atomic E-state index is 12.9. The number of carbonyl (C=O) groups excluding carboxylic acids is 2. The lowest BCUT2D eigenvalue weighted by atomic mass is 9.78. The van der Waals surface area contributed by atoms with Crippen LogP contribution in [0.15, 0.2) is 54.6 Å². The van der Waals surface area contributed by atoms with Crippen LogP contribution in [0.5, 0.6) is 0 Å². The van der Waals surface area contributed by atoms with Crippen LogP contribution >= 0.6 is 0 Å². The van der Waals surface area contributed by atoms with Gasteiger partial charge in [0, 0.05) is 26.6 Å². The van der Waals surface area contributed by atoms with Crippen molar-refractivity contribution in [1.82, 2.24) is 10.2 Å². The van der Waals surface area contributed by atoms with E-state index in [1.54, 1.807) is 7.05 Å². The van der Waals surface area contributed by atoms with Gasteiger partial charge in [0.25, 0.3) is 0 Å². The summed E-state index contributed by atoms with van der Waals surface area (Å²) >= 11 is 0. The summed E-state index contributed by atoms with van der Waals surface area (Å²) in [6, 6.07) is 18.5. The molecule has 0 aliphatic carbocycles. The average Bonchev–Trinajstić information content (AvgIpc) is 3.14. The molecule has 142 valence electrons. The van der Waals surface area contributed by atoms with Crippen molar-refractivity contribution >= 4 is 11.8 Å². The van der Waals surface area contributed by atoms with E-state index in [1.807, 2.05) is 42.2 Å². The molecule has 0 unspecified atom stereocenters. The van der Waals surface area contributed by atoms with Crippen molar-refractivity contribution in [3.63, 3.8) is 0 Å². The van der Waals surface area contributed by atoms with Crippen LogP contribution in [0.4, 0.5) is 0 Å². The van der Waals surface area contributed by atoms with E-state index in [4.69, 9.17) is 0 Å². The standard InChI is InChI=1S/C23H28N2O2/c1-3-9-21(26)25-15-14-23(17-25,22(27)24-2)16-19-12-7-8-13-20(19)18-10-5-4-6-11-18/h4-8,10-13H,3,9,14-17H2,1-2H3,(H,24,27)/t23-/m1/s1. The molecular weight excluding hydrogens is 336 g/mol. The molecule has 1 aliphatic rings. The molecule has 0 saturated carbocycles. The molecule has 2 aromatic carbocycles. The van der Waals surface area contributed by atoms with E-state index in [0.29, 0.717) is 32.4 Å². The second-order valence-electron chi connectivity index (χ2n) is 7.37. The van der Waals surface area contributed by atoms with Crippen LogP contribution in [0, 0.1) is 5.41 Å². The van der Waals surface area contributed by atoms with Crippen LogP contribution in [0.25, 0.3) is 11.1 Å². The molecule has 1 saturated heterocycles. The van der Waals surface area contributed by atoms with Crippen molar-refractivity contribution in [2.75, 3.05) is 20.1 Å². The van der Waals surface area contributed by atoms with Gasteiger partial charge in [-0.05, 0) is 36.0 Å². The highest BCUT2D eigenvalue weighted by Gasteiger charge is 2.45. The van der Waals surface area contributed by atoms with Gasteiger partial charge in [0.2, 0.25) is 11.8 Å². The number of nitrogens with one attached hydrogen (secondary N) is 1. The lowest BCUT2D eigenvalue weighted by Gasteiger charge is -2.28. The number of benzene rings is 2. The number of nitrogens with zero attached hydrogens (tertiary/aromatic N) is 1. The summed E-state index contributed by atoms with van der Waals surface area (Å²) in [5.41, 5.74) is 2.89. The largest absolute Gasteiger partial charge is 0.359 e. The summed E-state index contributed by atoms with van der Waals surface area (Å²) in [7, 11) is 1.68. The Morgan fingerprint density at radius 1 is 1.07 bits per heavy atom. The van der Waals surface area contributed by atoms with Crippen LogP contribution in [0.1, 0.15) is 31.7 Å². The smallest absolute Gasteiger partial charge is 0.228 e. The number of hydrogen-bond donors (Lipinski definition) is 1. The summed E-state index contributed by atoms with van der Waals surface area (Å²) in [5.74, 6) is 0.178. The number of rotatable bonds is 6. The Hall–Kier alpha value is -2.62. The normalized spacial score (nSPS) is 19.1. The Morgan fingerprint density at radius 2 is 1.78 bits per heavy atom. The average molecular weight is 364 g/mol. The molecule has 1 heterocycles. The van der Waals surface area contributed by atoms with Gasteiger partial charge < -0.3 is 10.2 Å². The summed E-state index contributed by atoms with van der Waals surface area (Å²) in [6.45, 7) is 3.16. The minimum atomic E-state index is -0.566. The minimum absolute atomic E-state index is 0.0252. The summed E-state index contributed by atoms with van der Waals surface area (Å²) < 4.78 is 0. The summed E-state index contributed by atoms with van der Waals surface area (Å²) in [5, 5.41) is 2.84. The molecule has 1 aliphatic heterocycles. The Morgan fingerprint density at radius 3 is 2.48 bits per heavy atom. The summed E-state index contributed by atoms with van der Waals surface area (Å²) in [6.07, 6.45) is 2.71. The Bertz CT molecular complexity index is 803. The first-order valence-corrected chi connectivity index (χ1v) is 9.73. The molecule has 4 nitrogen and oxygen atoms in total. The van der Waals surface area contributed by atoms with Crippen LogP contribution in [0.3, 0.4) is 0 Å². The maximum Gasteiger partial charge on any atom is 0.228 e. The Balaban J connectivity index is 1.92. The van der Waals surface area contributed by atoms with Crippen LogP contribution in [-0.4, -0.2) is 36.9 Å². The predicted octanol–water partition coefficient (Wildman–Crippen LogP) is 3.66. The third kappa shape index (κ3) is 4.05. The monoisotopic (exact) mass is 364 g/mol. The van der Waals surface area contributed by atoms with Gasteiger partial charge in [-0.2, -0.15) is 0 Å². The highest BCUT2D eigenvalue weighted by Crippen LogP contribution is 2.37. The van der Waals surface area contributed by atoms with Gasteiger partial charge in [-0.25, -0.2) is 0 Å². The van der Waals surface area contributed by atoms with Crippen LogP contribution in [0.2, 0.25) is 0 Å². The first-order valence-electron chi connectivity index (χ1n) is 9.73. The van der Waals surface area contributed by atoms with Gasteiger partial charge in [0.15, 0.2) is 0 Å². The molecule has 1 fully saturated rings. The number of hydrogen-bond acceptors (Lipinski definition) is 2. The fraction of sp³-hybridized carbons (Fsp3) is 0.391. The topological polar surface area (TPSA) is 49.4 Å². The van der Waals surface area contributed by atoms with Crippen molar-refractivity contribution < 1.29 is 9.59 Å². The molecule has 0 spiro atoms. The van der Waals surface area contributed by atoms with Gasteiger partial charge in [-0.15, -0.1) is 0 Å². The van der Waals surface area contributed by atoms with Crippen molar-refractivity contribution in [2.45, 2.75) is 32.6 Å². The first-order chi connectivity index (χ1) is 13.1. The zero-order chi connectivity index (χ0) is 19.3. The van der Waals surface area contributed by atoms with E-state index in [0.717, 1.165) is 23.1 Å². The quantitative estimate of drug-likeness (QED) is 0.850. The highest BCUT2D eigenvalue weighted by atomic mass is 16.2. The van der Waals surface area contributed by atoms with Gasteiger partial charge in [0.05, 0.1) is 5.41 Å². The number of carbonyl (C=O) groups is 2. The van der Waals surface area contributed by atoms with E-state index >= 15 is 0 Å². The number of likely N-dealkylation sites (tertiary alicyclic amines) is 1. The molecule has 1 atom stereocenters. The molecule has 0 bridgehead atoms. The molecule has 27 heavy (non-hydrogen) atoms. The first kappa shape index (κ1) is 19.2. The Kier molecular flexibility index (Phi) is 5.94. The van der Waals surface area contributed by atoms with Gasteiger partial charge in [0.1, 0.15) is 0 Å². The molecule has 2 amide bonds. The fourth-order valence-corrected chi connectivity index (χ4v) is 4.07. The van der Waals surface area contributed by atoms with Crippen molar-refractivity contribution in [3.05, 3.63) is 60.2 Å². The SMILES string of the molecule is CCCC(=O)N1CC[C@](Cc2ccccc2-c2ccccc2)(C(=O)NC)C1. The van der Waals surface area contributed by atoms with E-state index in [1.165, 1.54) is 0 Å². The molecule has 2 aromatic rings. The fourth-order valence-electron chi connectivity index (χ4n) is 4.07. The maximum atomic E-state index is 12.9. The van der Waals surface area contributed by atoms with Crippen molar-refractivity contribution in [1.29, 1.82) is 0 Å². The predicted molar refractivity (Wildman–Crippen MR) is 108 cm³/mol. The van der Waals surface area contributed by atoms with Crippen molar-refractivity contribution in [3.8, 4) is 11.1 Å². The zero-order valence-corrected chi connectivity index (χ0v) is 16.2. The van der Waals surface area contributed by atoms with E-state index in [9.17, 15) is 9.59 Å². The molecular formula is C23H28N2O2. The van der Waals surface area contributed by atoms with Gasteiger partial charge >= 0.3 is 0 Å². The molecule has 0 radical (unpaired) electrons. The zero-order valence-electron chi connectivity index (χ0n) is 16.2. The second kappa shape index (κ2) is 8.38. The third-order valence-corrected chi connectivity index (χ3v) is 5.51. The molecule has 4 heteroatoms. The van der Waals surface area contributed by atoms with E-state index in [2.05, 4.69) is 29.6 Å². The van der Waals surface area contributed by atoms with Crippen molar-refractivity contribution in [2.24, 2.45) is 5.41 Å². The summed E-state index contributed by atoms with van der Waals surface area (Å²) in [4.78, 5) is 27.1. The Labute approximate surface area is 161 Å². The van der Waals surface area contributed by atoms with Crippen LogP contribution in [-0.2, 0) is 16.0 Å². The molecule has 3 rings (SSSR count). The second-order valence-corrected chi connectivity index (χ2v) is 7.37. The van der Waals surface area contributed by atoms with Crippen LogP contribution < -0.4 is 5.32 Å². The van der Waals surface area contributed by atoms with E-state index in [-0.39, 0.29) is 11.8 Å². The van der Waals surface area contributed by atoms with E-state index < -0.39 is 5.41 Å². The molecule has 1 N–H and O–H groups in total. The van der Waals surface area contributed by atoms with Gasteiger partial charge in [-0.3, -0.25) is 9.59 Å². The molecule has 0 aromatic heterocycles. The lowest BCUT2D eigenvalue weighted by Crippen LogP contribution is -2.44. The number of amides is 2. The third-order valence-electron chi connectivity index (χ3n) is 5.51. The lowest BCUT2D eigenvalue weighted by molar-refractivity contribution is -0.133.